The Labute approximate surface area is 75.7 Å². The van der Waals surface area contributed by atoms with Crippen LogP contribution in [0.15, 0.2) is 0 Å². The second-order valence-electron chi connectivity index (χ2n) is 2.03. The van der Waals surface area contributed by atoms with Crippen LogP contribution in [0.3, 0.4) is 0 Å². The summed E-state index contributed by atoms with van der Waals surface area (Å²) in [6, 6.07) is 0. The lowest BCUT2D eigenvalue weighted by atomic mass is 10.00. The van der Waals surface area contributed by atoms with Crippen LogP contribution in [0.4, 0.5) is 0 Å². The summed E-state index contributed by atoms with van der Waals surface area (Å²) < 4.78 is 39.7. The summed E-state index contributed by atoms with van der Waals surface area (Å²) in [7, 11) is 0. The third-order valence-corrected chi connectivity index (χ3v) is 1.28. The van der Waals surface area contributed by atoms with E-state index in [1.807, 2.05) is 0 Å². The van der Waals surface area contributed by atoms with Gasteiger partial charge in [-0.25, -0.2) is 0 Å². The standard InChI is InChI=1S/C6H12O6/c7-1-2-3(8)4(9)5(10)6(11)12-2/h2-11H,1H2/t2-,3-,4+,5-,6?/m1/s1/i2D,3D,4D,5D,6D. The van der Waals surface area contributed by atoms with Crippen molar-refractivity contribution in [2.45, 2.75) is 30.6 Å². The van der Waals surface area contributed by atoms with E-state index >= 15 is 0 Å². The molecule has 6 nitrogen and oxygen atoms in total. The van der Waals surface area contributed by atoms with Crippen molar-refractivity contribution in [1.82, 2.24) is 0 Å². The van der Waals surface area contributed by atoms with E-state index in [4.69, 9.17) is 12.0 Å². The Morgan fingerprint density at radius 1 is 1.08 bits per heavy atom. The number of aliphatic hydroxyl groups is 5. The molecule has 1 saturated heterocycles. The van der Waals surface area contributed by atoms with Crippen LogP contribution < -0.4 is 0 Å². The molecule has 0 aliphatic carbocycles. The molecule has 1 aliphatic heterocycles. The topological polar surface area (TPSA) is 110 Å². The molecule has 1 heterocycles. The van der Waals surface area contributed by atoms with E-state index < -0.39 is 37.2 Å². The lowest BCUT2D eigenvalue weighted by molar-refractivity contribution is -0.286. The Bertz CT molecular complexity index is 331. The maximum atomic E-state index is 9.47. The summed E-state index contributed by atoms with van der Waals surface area (Å²) in [6.45, 7) is -1.47. The van der Waals surface area contributed by atoms with E-state index in [-0.39, 0.29) is 0 Å². The Kier molecular flexibility index (Phi) is 1.47. The molecule has 1 unspecified atom stereocenters. The molecule has 1 aliphatic rings. The van der Waals surface area contributed by atoms with E-state index in [0.29, 0.717) is 0 Å². The summed E-state index contributed by atoms with van der Waals surface area (Å²) in [6.07, 6.45) is -18.3. The van der Waals surface area contributed by atoms with E-state index in [2.05, 4.69) is 4.74 Å². The molecule has 5 atom stereocenters. The maximum absolute atomic E-state index is 9.47. The molecular weight excluding hydrogens is 168 g/mol. The SMILES string of the molecule is [2H]C1(O)O[C@]([2H])(CO)[C@@]([2H])(O)[C@]([2H])(O)[C@@]1([2H])O. The highest BCUT2D eigenvalue weighted by Gasteiger charge is 2.42. The van der Waals surface area contributed by atoms with Gasteiger partial charge in [0.15, 0.2) is 6.27 Å². The predicted molar refractivity (Wildman–Crippen MR) is 36.0 cm³/mol. The maximum Gasteiger partial charge on any atom is 0.184 e. The van der Waals surface area contributed by atoms with Crippen molar-refractivity contribution in [2.24, 2.45) is 0 Å². The summed E-state index contributed by atoms with van der Waals surface area (Å²) in [4.78, 5) is 0. The highest BCUT2D eigenvalue weighted by atomic mass is 16.6. The quantitative estimate of drug-likeness (QED) is 0.294. The van der Waals surface area contributed by atoms with Gasteiger partial charge in [-0.15, -0.1) is 0 Å². The van der Waals surface area contributed by atoms with Crippen LogP contribution in [0.25, 0.3) is 0 Å². The van der Waals surface area contributed by atoms with Gasteiger partial charge in [-0.3, -0.25) is 0 Å². The first kappa shape index (κ1) is 4.85. The monoisotopic (exact) mass is 185 g/mol. The summed E-state index contributed by atoms with van der Waals surface area (Å²) >= 11 is 0. The minimum absolute atomic E-state index is 1.47. The van der Waals surface area contributed by atoms with Crippen LogP contribution in [-0.2, 0) is 4.74 Å². The molecular formula is C6H12O6. The van der Waals surface area contributed by atoms with Gasteiger partial charge in [0.25, 0.3) is 0 Å². The third kappa shape index (κ3) is 1.58. The van der Waals surface area contributed by atoms with E-state index in [1.165, 1.54) is 0 Å². The molecule has 1 fully saturated rings. The Balaban J connectivity index is 3.46. The largest absolute Gasteiger partial charge is 0.394 e. The molecule has 0 aromatic rings. The first-order valence-corrected chi connectivity index (χ1v) is 2.97. The summed E-state index contributed by atoms with van der Waals surface area (Å²) in [5.41, 5.74) is 0. The predicted octanol–water partition coefficient (Wildman–Crippen LogP) is -3.22. The van der Waals surface area contributed by atoms with Gasteiger partial charge in [0.2, 0.25) is 0 Å². The number of hydrogen-bond donors (Lipinski definition) is 5. The van der Waals surface area contributed by atoms with Crippen LogP contribution >= 0.6 is 0 Å². The normalized spacial score (nSPS) is 85.9. The molecule has 72 valence electrons. The zero-order chi connectivity index (χ0) is 13.9. The first-order chi connectivity index (χ1) is 7.27. The van der Waals surface area contributed by atoms with Crippen LogP contribution in [0.2, 0.25) is 0 Å². The van der Waals surface area contributed by atoms with Crippen molar-refractivity contribution in [3.8, 4) is 0 Å². The van der Waals surface area contributed by atoms with Gasteiger partial charge in [0.05, 0.1) is 13.5 Å². The fourth-order valence-electron chi connectivity index (χ4n) is 0.666. The highest BCUT2D eigenvalue weighted by Crippen LogP contribution is 2.18. The number of rotatable bonds is 1. The summed E-state index contributed by atoms with van der Waals surface area (Å²) in [5, 5.41) is 46.3. The van der Waals surface area contributed by atoms with Gasteiger partial charge in [0, 0.05) is 0 Å². The van der Waals surface area contributed by atoms with Crippen molar-refractivity contribution >= 4 is 0 Å². The van der Waals surface area contributed by atoms with Crippen molar-refractivity contribution in [1.29, 1.82) is 0 Å². The fourth-order valence-corrected chi connectivity index (χ4v) is 0.666. The van der Waals surface area contributed by atoms with Gasteiger partial charge in [-0.2, -0.15) is 0 Å². The van der Waals surface area contributed by atoms with Crippen molar-refractivity contribution in [3.05, 3.63) is 0 Å². The van der Waals surface area contributed by atoms with Crippen molar-refractivity contribution < 1.29 is 37.1 Å². The number of ether oxygens (including phenoxy) is 1. The Morgan fingerprint density at radius 3 is 2.17 bits per heavy atom. The molecule has 0 bridgehead atoms. The van der Waals surface area contributed by atoms with Crippen molar-refractivity contribution in [2.75, 3.05) is 6.61 Å². The zero-order valence-electron chi connectivity index (χ0n) is 10.9. The molecule has 0 aromatic carbocycles. The lowest BCUT2D eigenvalue weighted by Gasteiger charge is -2.37. The van der Waals surface area contributed by atoms with E-state index in [9.17, 15) is 20.4 Å². The van der Waals surface area contributed by atoms with Gasteiger partial charge in [-0.1, -0.05) is 0 Å². The molecule has 0 radical (unpaired) electrons. The highest BCUT2D eigenvalue weighted by molar-refractivity contribution is 4.87. The van der Waals surface area contributed by atoms with Crippen LogP contribution in [-0.4, -0.2) is 62.7 Å². The van der Waals surface area contributed by atoms with Crippen LogP contribution in [0, 0.1) is 0 Å². The van der Waals surface area contributed by atoms with E-state index in [1.54, 1.807) is 0 Å². The Morgan fingerprint density at radius 2 is 1.67 bits per heavy atom. The van der Waals surface area contributed by atoms with E-state index in [0.717, 1.165) is 0 Å². The van der Waals surface area contributed by atoms with Crippen LogP contribution in [0.1, 0.15) is 6.85 Å². The second-order valence-corrected chi connectivity index (χ2v) is 2.03. The Hall–Kier alpha value is -0.240. The van der Waals surface area contributed by atoms with Gasteiger partial charge < -0.3 is 30.3 Å². The molecule has 0 spiro atoms. The van der Waals surface area contributed by atoms with Crippen molar-refractivity contribution in [3.63, 3.8) is 0 Å². The first-order valence-electron chi connectivity index (χ1n) is 5.47. The third-order valence-electron chi connectivity index (χ3n) is 1.28. The molecule has 1 rings (SSSR count). The zero-order valence-corrected chi connectivity index (χ0v) is 5.85. The van der Waals surface area contributed by atoms with Gasteiger partial charge in [0.1, 0.15) is 24.3 Å². The molecule has 0 amide bonds. The molecule has 0 aromatic heterocycles. The van der Waals surface area contributed by atoms with Crippen LogP contribution in [0.5, 0.6) is 0 Å². The molecule has 0 saturated carbocycles. The molecule has 6 heteroatoms. The average molecular weight is 185 g/mol. The average Bonchev–Trinajstić information content (AvgIpc) is 2.14. The molecule has 5 N–H and O–H groups in total. The fraction of sp³-hybridized carbons (Fsp3) is 1.00. The molecule has 12 heavy (non-hydrogen) atoms. The van der Waals surface area contributed by atoms with Gasteiger partial charge in [-0.05, 0) is 0 Å². The summed E-state index contributed by atoms with van der Waals surface area (Å²) in [5.74, 6) is 0. The lowest BCUT2D eigenvalue weighted by Crippen LogP contribution is -2.58. The minimum Gasteiger partial charge on any atom is -0.394 e. The number of aliphatic hydroxyl groups excluding tert-OH is 1. The second kappa shape index (κ2) is 3.65. The van der Waals surface area contributed by atoms with Gasteiger partial charge >= 0.3 is 0 Å². The smallest absolute Gasteiger partial charge is 0.184 e. The number of hydrogen-bond acceptors (Lipinski definition) is 6. The minimum atomic E-state index is -3.88.